The number of nitrogens with one attached hydrogen (secondary N) is 1. The van der Waals surface area contributed by atoms with E-state index in [4.69, 9.17) is 16.3 Å². The van der Waals surface area contributed by atoms with Crippen LogP contribution in [-0.4, -0.2) is 56.6 Å². The van der Waals surface area contributed by atoms with E-state index >= 15 is 0 Å². The summed E-state index contributed by atoms with van der Waals surface area (Å²) in [5, 5.41) is 3.12. The van der Waals surface area contributed by atoms with Gasteiger partial charge in [-0.05, 0) is 62.2 Å². The molecule has 0 aromatic heterocycles. The standard InChI is InChI=1S/C30H35ClFN3O5S/c1-30(2,3)33-29(37)26(17-21-9-7-6-8-10-21)34(19-22-11-13-23(32)14-12-22)28(36)20-35(41(5,38)39)24-15-16-27(40-4)25(31)18-24/h6-16,18,26H,17,19-20H2,1-5H3,(H,33,37). The van der Waals surface area contributed by atoms with Crippen molar-refractivity contribution in [2.24, 2.45) is 0 Å². The van der Waals surface area contributed by atoms with E-state index in [-0.39, 0.29) is 23.7 Å². The topological polar surface area (TPSA) is 96.0 Å². The summed E-state index contributed by atoms with van der Waals surface area (Å²) < 4.78 is 45.6. The van der Waals surface area contributed by atoms with Crippen LogP contribution < -0.4 is 14.4 Å². The van der Waals surface area contributed by atoms with Gasteiger partial charge in [0.25, 0.3) is 0 Å². The van der Waals surface area contributed by atoms with Crippen LogP contribution in [-0.2, 0) is 32.6 Å². The molecule has 3 aromatic carbocycles. The molecule has 0 fully saturated rings. The smallest absolute Gasteiger partial charge is 0.244 e. The van der Waals surface area contributed by atoms with Crippen LogP contribution in [0.2, 0.25) is 5.02 Å². The molecule has 0 aliphatic carbocycles. The Hall–Kier alpha value is -3.63. The molecule has 0 saturated heterocycles. The summed E-state index contributed by atoms with van der Waals surface area (Å²) in [4.78, 5) is 29.1. The lowest BCUT2D eigenvalue weighted by Gasteiger charge is -2.35. The van der Waals surface area contributed by atoms with E-state index in [9.17, 15) is 22.4 Å². The van der Waals surface area contributed by atoms with Crippen molar-refractivity contribution in [1.29, 1.82) is 0 Å². The maximum Gasteiger partial charge on any atom is 0.244 e. The molecule has 0 saturated carbocycles. The van der Waals surface area contributed by atoms with E-state index in [1.165, 1.54) is 54.5 Å². The Balaban J connectivity index is 2.08. The number of carbonyl (C=O) groups is 2. The predicted octanol–water partition coefficient (Wildman–Crippen LogP) is 4.81. The lowest BCUT2D eigenvalue weighted by molar-refractivity contribution is -0.140. The SMILES string of the molecule is COc1ccc(N(CC(=O)N(Cc2ccc(F)cc2)C(Cc2ccccc2)C(=O)NC(C)(C)C)S(C)(=O)=O)cc1Cl. The van der Waals surface area contributed by atoms with Gasteiger partial charge in [0.1, 0.15) is 24.2 Å². The summed E-state index contributed by atoms with van der Waals surface area (Å²) in [5.74, 6) is -1.14. The second-order valence-electron chi connectivity index (χ2n) is 10.7. The number of carbonyl (C=O) groups excluding carboxylic acids is 2. The van der Waals surface area contributed by atoms with Crippen LogP contribution >= 0.6 is 11.6 Å². The van der Waals surface area contributed by atoms with Gasteiger partial charge in [-0.3, -0.25) is 13.9 Å². The van der Waals surface area contributed by atoms with E-state index in [1.807, 2.05) is 51.1 Å². The molecule has 0 bridgehead atoms. The average Bonchev–Trinajstić information content (AvgIpc) is 2.89. The fraction of sp³-hybridized carbons (Fsp3) is 0.333. The minimum Gasteiger partial charge on any atom is -0.495 e. The quantitative estimate of drug-likeness (QED) is 0.339. The zero-order valence-electron chi connectivity index (χ0n) is 23.7. The van der Waals surface area contributed by atoms with Gasteiger partial charge < -0.3 is 15.0 Å². The van der Waals surface area contributed by atoms with Gasteiger partial charge in [-0.15, -0.1) is 0 Å². The fourth-order valence-corrected chi connectivity index (χ4v) is 5.31. The number of amides is 2. The summed E-state index contributed by atoms with van der Waals surface area (Å²) >= 11 is 6.26. The van der Waals surface area contributed by atoms with Crippen molar-refractivity contribution in [1.82, 2.24) is 10.2 Å². The highest BCUT2D eigenvalue weighted by Gasteiger charge is 2.34. The molecule has 41 heavy (non-hydrogen) atoms. The first kappa shape index (κ1) is 31.9. The average molecular weight is 604 g/mol. The van der Waals surface area contributed by atoms with E-state index in [0.29, 0.717) is 11.3 Å². The molecule has 8 nitrogen and oxygen atoms in total. The second kappa shape index (κ2) is 13.4. The van der Waals surface area contributed by atoms with Crippen molar-refractivity contribution in [2.75, 3.05) is 24.2 Å². The Kier molecular flexibility index (Phi) is 10.4. The van der Waals surface area contributed by atoms with Crippen molar-refractivity contribution in [3.63, 3.8) is 0 Å². The zero-order valence-corrected chi connectivity index (χ0v) is 25.3. The fourth-order valence-electron chi connectivity index (χ4n) is 4.22. The van der Waals surface area contributed by atoms with Gasteiger partial charge in [-0.2, -0.15) is 0 Å². The lowest BCUT2D eigenvalue weighted by atomic mass is 10.0. The van der Waals surface area contributed by atoms with Crippen molar-refractivity contribution in [3.8, 4) is 5.75 Å². The molecule has 1 N–H and O–H groups in total. The molecule has 11 heteroatoms. The molecule has 0 aliphatic heterocycles. The minimum absolute atomic E-state index is 0.0604. The first-order chi connectivity index (χ1) is 19.2. The van der Waals surface area contributed by atoms with Gasteiger partial charge >= 0.3 is 0 Å². The Labute approximate surface area is 246 Å². The molecule has 1 atom stereocenters. The highest BCUT2D eigenvalue weighted by atomic mass is 35.5. The van der Waals surface area contributed by atoms with Gasteiger partial charge in [0.05, 0.1) is 24.1 Å². The Bertz CT molecular complexity index is 1460. The Morgan fingerprint density at radius 2 is 1.63 bits per heavy atom. The Morgan fingerprint density at radius 1 is 1.00 bits per heavy atom. The zero-order chi connectivity index (χ0) is 30.4. The number of benzene rings is 3. The number of sulfonamides is 1. The normalized spacial score (nSPS) is 12.4. The number of hydrogen-bond donors (Lipinski definition) is 1. The van der Waals surface area contributed by atoms with Gasteiger partial charge in [0.15, 0.2) is 0 Å². The molecule has 0 radical (unpaired) electrons. The highest BCUT2D eigenvalue weighted by molar-refractivity contribution is 7.92. The van der Waals surface area contributed by atoms with Crippen molar-refractivity contribution in [3.05, 3.63) is 94.8 Å². The molecule has 1 unspecified atom stereocenters. The molecular weight excluding hydrogens is 569 g/mol. The van der Waals surface area contributed by atoms with Gasteiger partial charge in [0.2, 0.25) is 21.8 Å². The second-order valence-corrected chi connectivity index (χ2v) is 13.0. The molecule has 220 valence electrons. The molecule has 2 amide bonds. The molecule has 0 aliphatic rings. The summed E-state index contributed by atoms with van der Waals surface area (Å²) in [5.41, 5.74) is 0.933. The molecule has 3 rings (SSSR count). The summed E-state index contributed by atoms with van der Waals surface area (Å²) in [6, 6.07) is 18.2. The van der Waals surface area contributed by atoms with E-state index < -0.39 is 45.8 Å². The number of ether oxygens (including phenoxy) is 1. The Morgan fingerprint density at radius 3 is 2.17 bits per heavy atom. The maximum atomic E-state index is 14.1. The predicted molar refractivity (Wildman–Crippen MR) is 159 cm³/mol. The van der Waals surface area contributed by atoms with Crippen LogP contribution in [0.3, 0.4) is 0 Å². The number of hydrogen-bond acceptors (Lipinski definition) is 5. The van der Waals surface area contributed by atoms with Crippen LogP contribution in [0.25, 0.3) is 0 Å². The summed E-state index contributed by atoms with van der Waals surface area (Å²) in [7, 11) is -2.53. The third kappa shape index (κ3) is 9.19. The van der Waals surface area contributed by atoms with E-state index in [0.717, 1.165) is 16.1 Å². The maximum absolute atomic E-state index is 14.1. The number of methoxy groups -OCH3 is 1. The number of rotatable bonds is 11. The van der Waals surface area contributed by atoms with E-state index in [1.54, 1.807) is 0 Å². The lowest BCUT2D eigenvalue weighted by Crippen LogP contribution is -2.56. The third-order valence-electron chi connectivity index (χ3n) is 6.14. The highest BCUT2D eigenvalue weighted by Crippen LogP contribution is 2.30. The number of nitrogens with zero attached hydrogens (tertiary/aromatic N) is 2. The van der Waals surface area contributed by atoms with Crippen molar-refractivity contribution < 1.29 is 27.1 Å². The first-order valence-corrected chi connectivity index (χ1v) is 15.1. The molecule has 0 heterocycles. The third-order valence-corrected chi connectivity index (χ3v) is 7.57. The summed E-state index contributed by atoms with van der Waals surface area (Å²) in [6.45, 7) is 4.83. The van der Waals surface area contributed by atoms with Gasteiger partial charge in [-0.1, -0.05) is 54.1 Å². The monoisotopic (exact) mass is 603 g/mol. The van der Waals surface area contributed by atoms with Crippen LogP contribution in [0.15, 0.2) is 72.8 Å². The minimum atomic E-state index is -3.96. The largest absolute Gasteiger partial charge is 0.495 e. The van der Waals surface area contributed by atoms with Crippen LogP contribution in [0.4, 0.5) is 10.1 Å². The van der Waals surface area contributed by atoms with Gasteiger partial charge in [0, 0.05) is 18.5 Å². The van der Waals surface area contributed by atoms with Crippen LogP contribution in [0, 0.1) is 5.82 Å². The first-order valence-electron chi connectivity index (χ1n) is 12.9. The number of anilines is 1. The van der Waals surface area contributed by atoms with Crippen molar-refractivity contribution >= 4 is 39.1 Å². The molecule has 0 spiro atoms. The van der Waals surface area contributed by atoms with Crippen LogP contribution in [0.1, 0.15) is 31.9 Å². The number of halogens is 2. The van der Waals surface area contributed by atoms with Gasteiger partial charge in [-0.25, -0.2) is 12.8 Å². The summed E-state index contributed by atoms with van der Waals surface area (Å²) in [6.07, 6.45) is 1.15. The molecule has 3 aromatic rings. The van der Waals surface area contributed by atoms with E-state index in [2.05, 4.69) is 5.32 Å². The van der Waals surface area contributed by atoms with Crippen molar-refractivity contribution in [2.45, 2.75) is 45.3 Å². The van der Waals surface area contributed by atoms with Crippen LogP contribution in [0.5, 0.6) is 5.75 Å². The molecular formula is C30H35ClFN3O5S.